The largest absolute Gasteiger partial charge is 0.347 e. The summed E-state index contributed by atoms with van der Waals surface area (Å²) in [6.45, 7) is 8.02. The third kappa shape index (κ3) is 3.63. The minimum atomic E-state index is -0.166. The molecule has 20 heavy (non-hydrogen) atoms. The number of nitrogens with zero attached hydrogens (tertiary/aromatic N) is 3. The SMILES string of the molecule is C=CCNC(=O)c1cc(C)nc([C@H]2CCCN(C)C2)n1. The Hall–Kier alpha value is -1.75. The van der Waals surface area contributed by atoms with Gasteiger partial charge in [-0.1, -0.05) is 6.08 Å². The monoisotopic (exact) mass is 274 g/mol. The number of carbonyl (C=O) groups excluding carboxylic acids is 1. The molecule has 2 rings (SSSR count). The van der Waals surface area contributed by atoms with E-state index < -0.39 is 0 Å². The minimum absolute atomic E-state index is 0.166. The van der Waals surface area contributed by atoms with Gasteiger partial charge in [-0.05, 0) is 39.4 Å². The van der Waals surface area contributed by atoms with Gasteiger partial charge in [0.05, 0.1) is 0 Å². The molecule has 1 amide bonds. The van der Waals surface area contributed by atoms with E-state index in [1.54, 1.807) is 12.1 Å². The Labute approximate surface area is 120 Å². The fraction of sp³-hybridized carbons (Fsp3) is 0.533. The molecule has 1 aliphatic rings. The fourth-order valence-corrected chi connectivity index (χ4v) is 2.52. The quantitative estimate of drug-likeness (QED) is 0.846. The first-order chi connectivity index (χ1) is 9.60. The lowest BCUT2D eigenvalue weighted by Crippen LogP contribution is -2.32. The highest BCUT2D eigenvalue weighted by Gasteiger charge is 2.22. The van der Waals surface area contributed by atoms with E-state index in [2.05, 4.69) is 33.8 Å². The molecule has 1 N–H and O–H groups in total. The zero-order valence-electron chi connectivity index (χ0n) is 12.2. The molecule has 1 aliphatic heterocycles. The lowest BCUT2D eigenvalue weighted by molar-refractivity contribution is 0.0952. The maximum absolute atomic E-state index is 12.0. The van der Waals surface area contributed by atoms with Crippen molar-refractivity contribution in [2.24, 2.45) is 0 Å². The third-order valence-electron chi connectivity index (χ3n) is 3.50. The first kappa shape index (κ1) is 14.7. The van der Waals surface area contributed by atoms with Crippen LogP contribution in [0.3, 0.4) is 0 Å². The van der Waals surface area contributed by atoms with Gasteiger partial charge in [-0.25, -0.2) is 9.97 Å². The maximum atomic E-state index is 12.0. The molecular weight excluding hydrogens is 252 g/mol. The first-order valence-corrected chi connectivity index (χ1v) is 7.03. The molecule has 2 heterocycles. The summed E-state index contributed by atoms with van der Waals surface area (Å²) >= 11 is 0. The topological polar surface area (TPSA) is 58.1 Å². The van der Waals surface area contributed by atoms with Crippen LogP contribution in [0.2, 0.25) is 0 Å². The van der Waals surface area contributed by atoms with E-state index in [4.69, 9.17) is 0 Å². The Morgan fingerprint density at radius 1 is 1.60 bits per heavy atom. The summed E-state index contributed by atoms with van der Waals surface area (Å²) in [7, 11) is 2.11. The highest BCUT2D eigenvalue weighted by Crippen LogP contribution is 2.23. The molecule has 0 unspecified atom stereocenters. The van der Waals surface area contributed by atoms with Crippen LogP contribution in [0.5, 0.6) is 0 Å². The van der Waals surface area contributed by atoms with Crippen molar-refractivity contribution in [1.82, 2.24) is 20.2 Å². The molecule has 0 spiro atoms. The van der Waals surface area contributed by atoms with Crippen molar-refractivity contribution in [3.05, 3.63) is 35.9 Å². The number of piperidine rings is 1. The zero-order valence-corrected chi connectivity index (χ0v) is 12.2. The van der Waals surface area contributed by atoms with Crippen LogP contribution in [-0.2, 0) is 0 Å². The van der Waals surface area contributed by atoms with Gasteiger partial charge in [0.15, 0.2) is 0 Å². The summed E-state index contributed by atoms with van der Waals surface area (Å²) in [4.78, 5) is 23.3. The maximum Gasteiger partial charge on any atom is 0.270 e. The lowest BCUT2D eigenvalue weighted by atomic mass is 9.97. The highest BCUT2D eigenvalue weighted by molar-refractivity contribution is 5.92. The average Bonchev–Trinajstić information content (AvgIpc) is 2.44. The molecule has 1 atom stereocenters. The van der Waals surface area contributed by atoms with Crippen molar-refractivity contribution < 1.29 is 4.79 Å². The summed E-state index contributed by atoms with van der Waals surface area (Å²) in [5, 5.41) is 2.76. The second-order valence-electron chi connectivity index (χ2n) is 5.35. The van der Waals surface area contributed by atoms with Gasteiger partial charge >= 0.3 is 0 Å². The van der Waals surface area contributed by atoms with E-state index in [1.165, 1.54) is 0 Å². The van der Waals surface area contributed by atoms with E-state index in [0.717, 1.165) is 37.4 Å². The molecule has 1 saturated heterocycles. The number of hydrogen-bond donors (Lipinski definition) is 1. The zero-order chi connectivity index (χ0) is 14.5. The molecule has 1 fully saturated rings. The predicted molar refractivity (Wildman–Crippen MR) is 78.8 cm³/mol. The number of rotatable bonds is 4. The van der Waals surface area contributed by atoms with Crippen molar-refractivity contribution in [1.29, 1.82) is 0 Å². The molecule has 108 valence electrons. The summed E-state index contributed by atoms with van der Waals surface area (Å²) in [6, 6.07) is 1.73. The minimum Gasteiger partial charge on any atom is -0.347 e. The van der Waals surface area contributed by atoms with Crippen LogP contribution in [0.25, 0.3) is 0 Å². The van der Waals surface area contributed by atoms with E-state index in [-0.39, 0.29) is 5.91 Å². The van der Waals surface area contributed by atoms with Crippen LogP contribution in [0.1, 0.15) is 40.8 Å². The molecule has 1 aromatic rings. The van der Waals surface area contributed by atoms with Crippen LogP contribution in [0.4, 0.5) is 0 Å². The van der Waals surface area contributed by atoms with Crippen LogP contribution in [0, 0.1) is 6.92 Å². The number of likely N-dealkylation sites (tertiary alicyclic amines) is 1. The Balaban J connectivity index is 2.19. The lowest BCUT2D eigenvalue weighted by Gasteiger charge is -2.28. The van der Waals surface area contributed by atoms with Crippen LogP contribution >= 0.6 is 0 Å². The average molecular weight is 274 g/mol. The van der Waals surface area contributed by atoms with E-state index in [9.17, 15) is 4.79 Å². The summed E-state index contributed by atoms with van der Waals surface area (Å²) in [5.41, 5.74) is 1.29. The van der Waals surface area contributed by atoms with Gasteiger partial charge in [-0.3, -0.25) is 4.79 Å². The first-order valence-electron chi connectivity index (χ1n) is 7.03. The normalized spacial score (nSPS) is 19.6. The Morgan fingerprint density at radius 2 is 2.40 bits per heavy atom. The van der Waals surface area contributed by atoms with Gasteiger partial charge < -0.3 is 10.2 Å². The molecule has 5 heteroatoms. The molecule has 0 bridgehead atoms. The van der Waals surface area contributed by atoms with Gasteiger partial charge in [0.1, 0.15) is 11.5 Å². The fourth-order valence-electron chi connectivity index (χ4n) is 2.52. The molecule has 0 aromatic carbocycles. The number of aryl methyl sites for hydroxylation is 1. The van der Waals surface area contributed by atoms with E-state index >= 15 is 0 Å². The highest BCUT2D eigenvalue weighted by atomic mass is 16.1. The number of likely N-dealkylation sites (N-methyl/N-ethyl adjacent to an activating group) is 1. The van der Waals surface area contributed by atoms with Crippen LogP contribution < -0.4 is 5.32 Å². The standard InChI is InChI=1S/C15H22N4O/c1-4-7-16-15(20)13-9-11(2)17-14(18-13)12-6-5-8-19(3)10-12/h4,9,12H,1,5-8,10H2,2-3H3,(H,16,20)/t12-/m0/s1. The Morgan fingerprint density at radius 3 is 3.10 bits per heavy atom. The predicted octanol–water partition coefficient (Wildman–Crippen LogP) is 1.51. The number of amides is 1. The molecule has 0 saturated carbocycles. The summed E-state index contributed by atoms with van der Waals surface area (Å²) in [6.07, 6.45) is 3.89. The Kier molecular flexibility index (Phi) is 4.84. The number of nitrogens with one attached hydrogen (secondary N) is 1. The second-order valence-corrected chi connectivity index (χ2v) is 5.35. The van der Waals surface area contributed by atoms with Crippen LogP contribution in [0.15, 0.2) is 18.7 Å². The smallest absolute Gasteiger partial charge is 0.270 e. The molecular formula is C15H22N4O. The van der Waals surface area contributed by atoms with Crippen molar-refractivity contribution in [2.45, 2.75) is 25.7 Å². The second kappa shape index (κ2) is 6.61. The molecule has 0 radical (unpaired) electrons. The molecule has 1 aromatic heterocycles. The van der Waals surface area contributed by atoms with Gasteiger partial charge in [0.2, 0.25) is 0 Å². The molecule has 0 aliphatic carbocycles. The Bertz CT molecular complexity index is 501. The van der Waals surface area contributed by atoms with Gasteiger partial charge in [-0.15, -0.1) is 6.58 Å². The van der Waals surface area contributed by atoms with Gasteiger partial charge in [0, 0.05) is 24.7 Å². The number of hydrogen-bond acceptors (Lipinski definition) is 4. The van der Waals surface area contributed by atoms with Crippen molar-refractivity contribution in [2.75, 3.05) is 26.7 Å². The third-order valence-corrected chi connectivity index (χ3v) is 3.50. The molecule has 5 nitrogen and oxygen atoms in total. The van der Waals surface area contributed by atoms with Crippen LogP contribution in [-0.4, -0.2) is 47.5 Å². The van der Waals surface area contributed by atoms with Crippen molar-refractivity contribution >= 4 is 5.91 Å². The summed E-state index contributed by atoms with van der Waals surface area (Å²) in [5.74, 6) is 0.945. The van der Waals surface area contributed by atoms with Gasteiger partial charge in [-0.2, -0.15) is 0 Å². The van der Waals surface area contributed by atoms with Crippen molar-refractivity contribution in [3.63, 3.8) is 0 Å². The number of carbonyl (C=O) groups is 1. The number of aromatic nitrogens is 2. The van der Waals surface area contributed by atoms with Crippen molar-refractivity contribution in [3.8, 4) is 0 Å². The van der Waals surface area contributed by atoms with E-state index in [0.29, 0.717) is 18.2 Å². The van der Waals surface area contributed by atoms with E-state index in [1.807, 2.05) is 6.92 Å². The summed E-state index contributed by atoms with van der Waals surface area (Å²) < 4.78 is 0. The van der Waals surface area contributed by atoms with Gasteiger partial charge in [0.25, 0.3) is 5.91 Å².